The third-order valence-electron chi connectivity index (χ3n) is 2.49. The number of nitrogens with zero attached hydrogens (tertiary/aromatic N) is 1. The van der Waals surface area contributed by atoms with Crippen LogP contribution in [0.5, 0.6) is 0 Å². The second-order valence-electron chi connectivity index (χ2n) is 3.62. The van der Waals surface area contributed by atoms with E-state index in [1.54, 1.807) is 0 Å². The van der Waals surface area contributed by atoms with Gasteiger partial charge in [-0.05, 0) is 25.8 Å². The first-order valence-corrected chi connectivity index (χ1v) is 5.09. The van der Waals surface area contributed by atoms with Crippen LogP contribution in [0, 0.1) is 0 Å². The Morgan fingerprint density at radius 3 is 3.31 bits per heavy atom. The zero-order chi connectivity index (χ0) is 9.10. The Morgan fingerprint density at radius 1 is 1.69 bits per heavy atom. The van der Waals surface area contributed by atoms with Gasteiger partial charge in [-0.25, -0.2) is 0 Å². The van der Waals surface area contributed by atoms with Crippen LogP contribution < -0.4 is 5.32 Å². The molecule has 1 aliphatic heterocycles. The summed E-state index contributed by atoms with van der Waals surface area (Å²) in [6.07, 6.45) is 4.58. The normalized spacial score (nSPS) is 22.4. The Hall–Kier alpha value is -0.830. The lowest BCUT2D eigenvalue weighted by Gasteiger charge is -2.02. The third-order valence-corrected chi connectivity index (χ3v) is 2.49. The molecule has 1 N–H and O–H groups in total. The molecule has 13 heavy (non-hydrogen) atoms. The van der Waals surface area contributed by atoms with E-state index in [1.807, 2.05) is 0 Å². The predicted molar refractivity (Wildman–Crippen MR) is 50.5 cm³/mol. The lowest BCUT2D eigenvalue weighted by atomic mass is 10.1. The van der Waals surface area contributed by atoms with Gasteiger partial charge in [0.05, 0.1) is 11.7 Å². The van der Waals surface area contributed by atoms with Gasteiger partial charge in [0.1, 0.15) is 0 Å². The summed E-state index contributed by atoms with van der Waals surface area (Å²) in [5, 5.41) is 7.43. The highest BCUT2D eigenvalue weighted by atomic mass is 16.5. The van der Waals surface area contributed by atoms with Crippen molar-refractivity contribution in [2.24, 2.45) is 0 Å². The van der Waals surface area contributed by atoms with Crippen molar-refractivity contribution < 1.29 is 4.52 Å². The summed E-state index contributed by atoms with van der Waals surface area (Å²) in [5.74, 6) is 1.01. The zero-order valence-corrected chi connectivity index (χ0v) is 8.05. The molecule has 0 spiro atoms. The van der Waals surface area contributed by atoms with Crippen molar-refractivity contribution in [3.63, 3.8) is 0 Å². The molecule has 2 rings (SSSR count). The average molecular weight is 180 g/mol. The Morgan fingerprint density at radius 2 is 2.62 bits per heavy atom. The number of aryl methyl sites for hydroxylation is 1. The first kappa shape index (κ1) is 8.75. The van der Waals surface area contributed by atoms with Gasteiger partial charge in [0.25, 0.3) is 0 Å². The summed E-state index contributed by atoms with van der Waals surface area (Å²) >= 11 is 0. The highest BCUT2D eigenvalue weighted by Gasteiger charge is 2.20. The van der Waals surface area contributed by atoms with Crippen molar-refractivity contribution in [3.05, 3.63) is 17.5 Å². The van der Waals surface area contributed by atoms with E-state index < -0.39 is 0 Å². The molecule has 0 unspecified atom stereocenters. The number of aromatic nitrogens is 1. The van der Waals surface area contributed by atoms with Gasteiger partial charge in [0.15, 0.2) is 5.76 Å². The van der Waals surface area contributed by atoms with Gasteiger partial charge in [0.2, 0.25) is 0 Å². The Bertz CT molecular complexity index is 264. The molecule has 1 aromatic rings. The maximum atomic E-state index is 5.29. The topological polar surface area (TPSA) is 38.1 Å². The fourth-order valence-electron chi connectivity index (χ4n) is 1.79. The minimum absolute atomic E-state index is 0.415. The Labute approximate surface area is 78.5 Å². The van der Waals surface area contributed by atoms with Crippen LogP contribution >= 0.6 is 0 Å². The largest absolute Gasteiger partial charge is 0.359 e. The standard InChI is InChI=1S/C10H16N2O/c1-2-4-8-7-10(13-12-8)9-5-3-6-11-9/h7,9,11H,2-6H2,1H3/t9-/m1/s1. The van der Waals surface area contributed by atoms with Gasteiger partial charge in [-0.3, -0.25) is 0 Å². The van der Waals surface area contributed by atoms with Crippen LogP contribution in [-0.4, -0.2) is 11.7 Å². The van der Waals surface area contributed by atoms with Crippen molar-refractivity contribution in [2.45, 2.75) is 38.6 Å². The van der Waals surface area contributed by atoms with E-state index in [1.165, 1.54) is 12.8 Å². The Kier molecular flexibility index (Phi) is 2.64. The molecule has 0 bridgehead atoms. The van der Waals surface area contributed by atoms with Crippen LogP contribution in [0.3, 0.4) is 0 Å². The van der Waals surface area contributed by atoms with Gasteiger partial charge in [0, 0.05) is 6.07 Å². The predicted octanol–water partition coefficient (Wildman–Crippen LogP) is 2.05. The monoisotopic (exact) mass is 180 g/mol. The van der Waals surface area contributed by atoms with Crippen molar-refractivity contribution >= 4 is 0 Å². The molecule has 0 amide bonds. The van der Waals surface area contributed by atoms with E-state index in [4.69, 9.17) is 4.52 Å². The maximum absolute atomic E-state index is 5.29. The van der Waals surface area contributed by atoms with E-state index in [0.29, 0.717) is 6.04 Å². The van der Waals surface area contributed by atoms with E-state index >= 15 is 0 Å². The van der Waals surface area contributed by atoms with Gasteiger partial charge >= 0.3 is 0 Å². The summed E-state index contributed by atoms with van der Waals surface area (Å²) in [6, 6.07) is 2.50. The number of hydrogen-bond donors (Lipinski definition) is 1. The highest BCUT2D eigenvalue weighted by molar-refractivity contribution is 5.10. The lowest BCUT2D eigenvalue weighted by molar-refractivity contribution is 0.347. The molecular formula is C10H16N2O. The molecule has 1 saturated heterocycles. The molecule has 1 aliphatic rings. The molecular weight excluding hydrogens is 164 g/mol. The third kappa shape index (κ3) is 1.91. The van der Waals surface area contributed by atoms with Gasteiger partial charge < -0.3 is 9.84 Å². The van der Waals surface area contributed by atoms with Crippen LogP contribution in [0.1, 0.15) is 43.7 Å². The highest BCUT2D eigenvalue weighted by Crippen LogP contribution is 2.23. The molecule has 1 atom stereocenters. The van der Waals surface area contributed by atoms with Crippen LogP contribution in [-0.2, 0) is 6.42 Å². The first-order valence-electron chi connectivity index (χ1n) is 5.09. The minimum Gasteiger partial charge on any atom is -0.359 e. The van der Waals surface area contributed by atoms with Crippen LogP contribution in [0.2, 0.25) is 0 Å². The Balaban J connectivity index is 2.03. The van der Waals surface area contributed by atoms with Crippen LogP contribution in [0.4, 0.5) is 0 Å². The minimum atomic E-state index is 0.415. The quantitative estimate of drug-likeness (QED) is 0.773. The summed E-state index contributed by atoms with van der Waals surface area (Å²) in [4.78, 5) is 0. The molecule has 0 aromatic carbocycles. The van der Waals surface area contributed by atoms with Crippen molar-refractivity contribution in [2.75, 3.05) is 6.54 Å². The molecule has 3 nitrogen and oxygen atoms in total. The van der Waals surface area contributed by atoms with Gasteiger partial charge in [-0.15, -0.1) is 0 Å². The van der Waals surface area contributed by atoms with Crippen LogP contribution in [0.25, 0.3) is 0 Å². The number of rotatable bonds is 3. The number of nitrogens with one attached hydrogen (secondary N) is 1. The first-order chi connectivity index (χ1) is 6.40. The summed E-state index contributed by atoms with van der Waals surface area (Å²) in [6.45, 7) is 3.26. The SMILES string of the molecule is CCCc1cc([C@H]2CCCN2)on1. The maximum Gasteiger partial charge on any atom is 0.153 e. The second-order valence-corrected chi connectivity index (χ2v) is 3.62. The van der Waals surface area contributed by atoms with Crippen molar-refractivity contribution in [1.29, 1.82) is 0 Å². The van der Waals surface area contributed by atoms with E-state index in [9.17, 15) is 0 Å². The van der Waals surface area contributed by atoms with Crippen molar-refractivity contribution in [1.82, 2.24) is 10.5 Å². The second kappa shape index (κ2) is 3.92. The fraction of sp³-hybridized carbons (Fsp3) is 0.700. The van der Waals surface area contributed by atoms with E-state index in [0.717, 1.165) is 30.8 Å². The van der Waals surface area contributed by atoms with Crippen molar-refractivity contribution in [3.8, 4) is 0 Å². The molecule has 1 fully saturated rings. The van der Waals surface area contributed by atoms with Crippen LogP contribution in [0.15, 0.2) is 10.6 Å². The molecule has 0 saturated carbocycles. The molecule has 0 radical (unpaired) electrons. The number of hydrogen-bond acceptors (Lipinski definition) is 3. The van der Waals surface area contributed by atoms with Gasteiger partial charge in [-0.2, -0.15) is 0 Å². The average Bonchev–Trinajstić information content (AvgIpc) is 2.70. The lowest BCUT2D eigenvalue weighted by Crippen LogP contribution is -2.11. The summed E-state index contributed by atoms with van der Waals surface area (Å²) in [5.41, 5.74) is 1.09. The fourth-order valence-corrected chi connectivity index (χ4v) is 1.79. The summed E-state index contributed by atoms with van der Waals surface area (Å²) < 4.78 is 5.29. The van der Waals surface area contributed by atoms with E-state index in [2.05, 4.69) is 23.5 Å². The zero-order valence-electron chi connectivity index (χ0n) is 8.05. The molecule has 1 aromatic heterocycles. The molecule has 72 valence electrons. The smallest absolute Gasteiger partial charge is 0.153 e. The molecule has 2 heterocycles. The van der Waals surface area contributed by atoms with E-state index in [-0.39, 0.29) is 0 Å². The summed E-state index contributed by atoms with van der Waals surface area (Å²) in [7, 11) is 0. The van der Waals surface area contributed by atoms with Gasteiger partial charge in [-0.1, -0.05) is 18.5 Å². The molecule has 0 aliphatic carbocycles. The molecule has 3 heteroatoms.